The molecule has 3 rings (SSSR count). The second-order valence-corrected chi connectivity index (χ2v) is 11.7. The standard InChI is InChI=1S/C22H28N2O5S2/c1-4-5-22(25)21-16-23(30(26,27)19-10-6-17(2)7-11-19)14-15-24(21)31(28,29)20-12-8-18(3)9-13-20/h6-13,21H,4-5,14-16H2,1-3H3. The molecule has 0 bridgehead atoms. The van der Waals surface area contributed by atoms with Gasteiger partial charge in [0.2, 0.25) is 20.0 Å². The third-order valence-electron chi connectivity index (χ3n) is 5.45. The molecule has 1 heterocycles. The number of sulfonamides is 2. The third kappa shape index (κ3) is 4.90. The first kappa shape index (κ1) is 23.6. The van der Waals surface area contributed by atoms with E-state index in [1.807, 2.05) is 20.8 Å². The fourth-order valence-corrected chi connectivity index (χ4v) is 6.66. The highest BCUT2D eigenvalue weighted by molar-refractivity contribution is 7.89. The summed E-state index contributed by atoms with van der Waals surface area (Å²) in [6.45, 7) is 5.27. The number of carbonyl (C=O) groups excluding carboxylic acids is 1. The van der Waals surface area contributed by atoms with Crippen molar-refractivity contribution in [3.05, 3.63) is 59.7 Å². The number of hydrogen-bond acceptors (Lipinski definition) is 5. The Morgan fingerprint density at radius 2 is 1.32 bits per heavy atom. The fraction of sp³-hybridized carbons (Fsp3) is 0.409. The smallest absolute Gasteiger partial charge is 0.243 e. The zero-order chi connectivity index (χ0) is 22.8. The van der Waals surface area contributed by atoms with Crippen LogP contribution in [0.25, 0.3) is 0 Å². The van der Waals surface area contributed by atoms with Gasteiger partial charge in [-0.25, -0.2) is 16.8 Å². The Labute approximate surface area is 184 Å². The van der Waals surface area contributed by atoms with Gasteiger partial charge in [0.15, 0.2) is 5.78 Å². The summed E-state index contributed by atoms with van der Waals surface area (Å²) in [5.74, 6) is -0.276. The van der Waals surface area contributed by atoms with Gasteiger partial charge < -0.3 is 0 Å². The van der Waals surface area contributed by atoms with Gasteiger partial charge in [-0.15, -0.1) is 0 Å². The first-order valence-electron chi connectivity index (χ1n) is 10.3. The first-order valence-corrected chi connectivity index (χ1v) is 13.1. The maximum Gasteiger partial charge on any atom is 0.243 e. The second kappa shape index (κ2) is 9.20. The molecular weight excluding hydrogens is 436 g/mol. The molecule has 9 heteroatoms. The molecule has 1 fully saturated rings. The molecule has 1 unspecified atom stereocenters. The van der Waals surface area contributed by atoms with Gasteiger partial charge in [-0.3, -0.25) is 4.79 Å². The SMILES string of the molecule is CCCC(=O)C1CN(S(=O)(=O)c2ccc(C)cc2)CCN1S(=O)(=O)c1ccc(C)cc1. The van der Waals surface area contributed by atoms with Gasteiger partial charge >= 0.3 is 0 Å². The molecule has 168 valence electrons. The van der Waals surface area contributed by atoms with Crippen LogP contribution in [0.2, 0.25) is 0 Å². The Kier molecular flexibility index (Phi) is 7.00. The van der Waals surface area contributed by atoms with E-state index in [0.717, 1.165) is 15.4 Å². The summed E-state index contributed by atoms with van der Waals surface area (Å²) in [7, 11) is -7.78. The number of benzene rings is 2. The van der Waals surface area contributed by atoms with Crippen molar-refractivity contribution in [2.24, 2.45) is 0 Å². The minimum Gasteiger partial charge on any atom is -0.298 e. The molecule has 0 saturated carbocycles. The predicted octanol–water partition coefficient (Wildman–Crippen LogP) is 2.74. The summed E-state index contributed by atoms with van der Waals surface area (Å²) in [5, 5.41) is 0. The van der Waals surface area contributed by atoms with Gasteiger partial charge in [0.25, 0.3) is 0 Å². The van der Waals surface area contributed by atoms with Crippen LogP contribution >= 0.6 is 0 Å². The van der Waals surface area contributed by atoms with Gasteiger partial charge in [-0.1, -0.05) is 42.3 Å². The van der Waals surface area contributed by atoms with E-state index in [-0.39, 0.29) is 41.6 Å². The second-order valence-electron chi connectivity index (χ2n) is 7.84. The molecule has 0 radical (unpaired) electrons. The number of ketones is 1. The van der Waals surface area contributed by atoms with Crippen LogP contribution < -0.4 is 0 Å². The van der Waals surface area contributed by atoms with Crippen molar-refractivity contribution in [3.63, 3.8) is 0 Å². The van der Waals surface area contributed by atoms with Crippen LogP contribution in [-0.4, -0.2) is 56.9 Å². The average molecular weight is 465 g/mol. The van der Waals surface area contributed by atoms with E-state index >= 15 is 0 Å². The fourth-order valence-electron chi connectivity index (χ4n) is 3.63. The van der Waals surface area contributed by atoms with E-state index in [0.29, 0.717) is 6.42 Å². The number of Topliss-reactive ketones (excluding diaryl/α,β-unsaturated/α-hetero) is 1. The highest BCUT2D eigenvalue weighted by atomic mass is 32.2. The number of piperazine rings is 1. The van der Waals surface area contributed by atoms with Gasteiger partial charge in [0, 0.05) is 26.1 Å². The summed E-state index contributed by atoms with van der Waals surface area (Å²) >= 11 is 0. The highest BCUT2D eigenvalue weighted by Crippen LogP contribution is 2.26. The van der Waals surface area contributed by atoms with E-state index < -0.39 is 26.1 Å². The molecule has 1 saturated heterocycles. The molecule has 0 aromatic heterocycles. The number of aryl methyl sites for hydroxylation is 2. The lowest BCUT2D eigenvalue weighted by molar-refractivity contribution is -0.123. The van der Waals surface area contributed by atoms with Crippen molar-refractivity contribution in [2.45, 2.75) is 49.4 Å². The van der Waals surface area contributed by atoms with Gasteiger partial charge in [-0.05, 0) is 44.5 Å². The largest absolute Gasteiger partial charge is 0.298 e. The van der Waals surface area contributed by atoms with Crippen molar-refractivity contribution in [1.82, 2.24) is 8.61 Å². The normalized spacial score (nSPS) is 18.7. The highest BCUT2D eigenvalue weighted by Gasteiger charge is 2.42. The van der Waals surface area contributed by atoms with Gasteiger partial charge in [-0.2, -0.15) is 8.61 Å². The van der Waals surface area contributed by atoms with Crippen LogP contribution in [0, 0.1) is 13.8 Å². The van der Waals surface area contributed by atoms with E-state index in [2.05, 4.69) is 0 Å². The summed E-state index contributed by atoms with van der Waals surface area (Å²) in [6.07, 6.45) is 0.738. The Balaban J connectivity index is 1.95. The van der Waals surface area contributed by atoms with Gasteiger partial charge in [0.05, 0.1) is 15.8 Å². The van der Waals surface area contributed by atoms with Crippen molar-refractivity contribution in [3.8, 4) is 0 Å². The van der Waals surface area contributed by atoms with Crippen LogP contribution in [0.4, 0.5) is 0 Å². The lowest BCUT2D eigenvalue weighted by atomic mass is 10.1. The Morgan fingerprint density at radius 1 is 0.839 bits per heavy atom. The maximum absolute atomic E-state index is 13.3. The molecule has 0 N–H and O–H groups in total. The lowest BCUT2D eigenvalue weighted by Crippen LogP contribution is -2.59. The molecule has 0 spiro atoms. The Hall–Kier alpha value is -2.07. The quantitative estimate of drug-likeness (QED) is 0.628. The van der Waals surface area contributed by atoms with Crippen LogP contribution in [0.3, 0.4) is 0 Å². The van der Waals surface area contributed by atoms with Crippen LogP contribution in [0.1, 0.15) is 30.9 Å². The Morgan fingerprint density at radius 3 is 1.81 bits per heavy atom. The molecule has 2 aromatic rings. The third-order valence-corrected chi connectivity index (χ3v) is 9.25. The van der Waals surface area contributed by atoms with E-state index in [9.17, 15) is 21.6 Å². The van der Waals surface area contributed by atoms with Crippen LogP contribution in [-0.2, 0) is 24.8 Å². The summed E-state index contributed by atoms with van der Waals surface area (Å²) in [5.41, 5.74) is 1.86. The number of nitrogens with zero attached hydrogens (tertiary/aromatic N) is 2. The molecule has 0 amide bonds. The zero-order valence-electron chi connectivity index (χ0n) is 18.0. The minimum absolute atomic E-state index is 0.0167. The van der Waals surface area contributed by atoms with Crippen molar-refractivity contribution in [2.75, 3.05) is 19.6 Å². The molecule has 1 aliphatic rings. The molecular formula is C22H28N2O5S2. The predicted molar refractivity (Wildman–Crippen MR) is 119 cm³/mol. The van der Waals surface area contributed by atoms with E-state index in [1.165, 1.54) is 28.6 Å². The van der Waals surface area contributed by atoms with Crippen molar-refractivity contribution >= 4 is 25.8 Å². The Bertz CT molecular complexity index is 1140. The topological polar surface area (TPSA) is 91.8 Å². The monoisotopic (exact) mass is 464 g/mol. The lowest BCUT2D eigenvalue weighted by Gasteiger charge is -2.39. The first-order chi connectivity index (χ1) is 14.6. The van der Waals surface area contributed by atoms with E-state index in [1.54, 1.807) is 24.3 Å². The van der Waals surface area contributed by atoms with Crippen LogP contribution in [0.5, 0.6) is 0 Å². The summed E-state index contributed by atoms with van der Waals surface area (Å²) < 4.78 is 55.2. The molecule has 31 heavy (non-hydrogen) atoms. The molecule has 0 aliphatic carbocycles. The zero-order valence-corrected chi connectivity index (χ0v) is 19.6. The number of rotatable bonds is 7. The maximum atomic E-state index is 13.3. The molecule has 1 atom stereocenters. The number of carbonyl (C=O) groups is 1. The van der Waals surface area contributed by atoms with Gasteiger partial charge in [0.1, 0.15) is 0 Å². The molecule has 2 aromatic carbocycles. The minimum atomic E-state index is -3.94. The summed E-state index contributed by atoms with van der Waals surface area (Å²) in [6, 6.07) is 11.9. The van der Waals surface area contributed by atoms with Crippen molar-refractivity contribution in [1.29, 1.82) is 0 Å². The molecule has 1 aliphatic heterocycles. The average Bonchev–Trinajstić information content (AvgIpc) is 2.74. The van der Waals surface area contributed by atoms with E-state index in [4.69, 9.17) is 0 Å². The van der Waals surface area contributed by atoms with Crippen LogP contribution in [0.15, 0.2) is 58.3 Å². The molecule has 7 nitrogen and oxygen atoms in total. The number of hydrogen-bond donors (Lipinski definition) is 0. The van der Waals surface area contributed by atoms with Crippen molar-refractivity contribution < 1.29 is 21.6 Å². The summed E-state index contributed by atoms with van der Waals surface area (Å²) in [4.78, 5) is 13.1.